The van der Waals surface area contributed by atoms with Gasteiger partial charge in [0.25, 0.3) is 6.16 Å². The molecule has 0 aromatic carbocycles. The molecule has 4 heteroatoms. The van der Waals surface area contributed by atoms with E-state index in [1.165, 1.54) is 0 Å². The zero-order chi connectivity index (χ0) is 6.41. The Balaban J connectivity index is 0. The summed E-state index contributed by atoms with van der Waals surface area (Å²) >= 11 is 0. The minimum atomic E-state index is -1.43. The van der Waals surface area contributed by atoms with Crippen LogP contribution >= 0.6 is 0 Å². The maximum absolute atomic E-state index is 9.54. The van der Waals surface area contributed by atoms with Gasteiger partial charge in [-0.25, -0.2) is 0 Å². The van der Waals surface area contributed by atoms with Crippen LogP contribution in [0.15, 0.2) is 0 Å². The maximum atomic E-state index is 9.54. The molecule has 0 fully saturated rings. The van der Waals surface area contributed by atoms with Crippen LogP contribution in [0.4, 0.5) is 4.79 Å². The van der Waals surface area contributed by atoms with E-state index in [-0.39, 0.29) is 19.0 Å². The van der Waals surface area contributed by atoms with Crippen molar-refractivity contribution in [1.82, 2.24) is 0 Å². The summed E-state index contributed by atoms with van der Waals surface area (Å²) in [5, 5.41) is 9.54. The first kappa shape index (κ1) is 11.4. The second-order valence-electron chi connectivity index (χ2n) is 1.45. The van der Waals surface area contributed by atoms with Gasteiger partial charge in [-0.2, -0.15) is 0 Å². The maximum Gasteiger partial charge on any atom is 0.251 e. The largest absolute Gasteiger partial charge is 0.550 e. The Morgan fingerprint density at radius 2 is 2.22 bits per heavy atom. The highest BCUT2D eigenvalue weighted by Gasteiger charge is 1.80. The summed E-state index contributed by atoms with van der Waals surface area (Å²) in [5.41, 5.74) is 0. The lowest BCUT2D eigenvalue weighted by atomic mass is 10.4. The summed E-state index contributed by atoms with van der Waals surface area (Å²) < 4.78 is 4.09. The summed E-state index contributed by atoms with van der Waals surface area (Å²) in [6.07, 6.45) is 0.278. The molecule has 0 unspecified atom stereocenters. The Kier molecular flexibility index (Phi) is 9.55. The average Bonchev–Trinajstić information content (AvgIpc) is 1.66. The first-order valence-corrected chi connectivity index (χ1v) is 2.61. The Hall–Kier alpha value is -0.440. The molecule has 0 spiro atoms. The second kappa shape index (κ2) is 7.56. The summed E-state index contributed by atoms with van der Waals surface area (Å²) in [7, 11) is 0. The molecule has 0 aliphatic carbocycles. The van der Waals surface area contributed by atoms with Gasteiger partial charge in [-0.1, -0.05) is 13.3 Å². The molecule has 0 aliphatic heterocycles. The van der Waals surface area contributed by atoms with Crippen molar-refractivity contribution in [3.05, 3.63) is 0 Å². The van der Waals surface area contributed by atoms with Crippen molar-refractivity contribution < 1.29 is 27.0 Å². The van der Waals surface area contributed by atoms with Crippen molar-refractivity contribution in [2.45, 2.75) is 19.8 Å². The Morgan fingerprint density at radius 3 is 2.56 bits per heavy atom. The number of carboxylic acid groups (broad SMARTS) is 1. The number of hydrogen-bond acceptors (Lipinski definition) is 3. The molecule has 0 aliphatic rings. The Labute approximate surface area is 60.4 Å². The number of halogens is 1. The molecule has 0 N–H and O–H groups in total. The van der Waals surface area contributed by atoms with Gasteiger partial charge in [-0.05, 0) is 6.42 Å². The fourth-order valence-electron chi connectivity index (χ4n) is 0.300. The first-order chi connectivity index (χ1) is 3.77. The normalized spacial score (nSPS) is 7.67. The molecule has 0 amide bonds. The third-order valence-corrected chi connectivity index (χ3v) is 0.718. The zero-order valence-electron chi connectivity index (χ0n) is 5.29. The van der Waals surface area contributed by atoms with Crippen molar-refractivity contribution in [2.24, 2.45) is 0 Å². The van der Waals surface area contributed by atoms with E-state index in [4.69, 9.17) is 0 Å². The van der Waals surface area contributed by atoms with Gasteiger partial charge in [0.05, 0.1) is 12.4 Å². The van der Waals surface area contributed by atoms with Crippen molar-refractivity contribution in [3.63, 3.8) is 0 Å². The number of unbranched alkanes of at least 4 members (excludes halogenated alkanes) is 1. The number of carbonyl (C=O) groups is 1. The van der Waals surface area contributed by atoms with Crippen LogP contribution in [0.1, 0.15) is 19.8 Å². The van der Waals surface area contributed by atoms with Crippen molar-refractivity contribution in [2.75, 3.05) is 6.61 Å². The molecule has 0 rings (SSSR count). The minimum Gasteiger partial charge on any atom is -0.550 e. The first-order valence-electron chi connectivity index (χ1n) is 2.61. The quantitative estimate of drug-likeness (QED) is 0.411. The molecule has 0 saturated carbocycles. The highest BCUT2D eigenvalue weighted by molar-refractivity contribution is 5.53. The van der Waals surface area contributed by atoms with Gasteiger partial charge < -0.3 is 14.6 Å². The molecular weight excluding hydrogens is 144 g/mol. The molecule has 9 heavy (non-hydrogen) atoms. The van der Waals surface area contributed by atoms with E-state index in [2.05, 4.69) is 4.74 Å². The fraction of sp³-hybridized carbons (Fsp3) is 0.800. The molecule has 0 atom stereocenters. The van der Waals surface area contributed by atoms with Gasteiger partial charge in [0.15, 0.2) is 0 Å². The van der Waals surface area contributed by atoms with Gasteiger partial charge in [0, 0.05) is 6.61 Å². The molecule has 0 heterocycles. The van der Waals surface area contributed by atoms with Crippen molar-refractivity contribution in [1.29, 1.82) is 0 Å². The van der Waals surface area contributed by atoms with Crippen LogP contribution in [0.5, 0.6) is 0 Å². The average molecular weight is 155 g/mol. The third-order valence-electron chi connectivity index (χ3n) is 0.718. The van der Waals surface area contributed by atoms with E-state index < -0.39 is 6.16 Å². The van der Waals surface area contributed by atoms with Crippen LogP contribution in [0.2, 0.25) is 0 Å². The van der Waals surface area contributed by atoms with Gasteiger partial charge in [-0.3, -0.25) is 0 Å². The third kappa shape index (κ3) is 11.2. The SMILES string of the molecule is CCCCOC(=O)[O-].[ClH2+]. The summed E-state index contributed by atoms with van der Waals surface area (Å²) in [6, 6.07) is 0. The number of carbonyl (C=O) groups excluding carboxylic acids is 1. The van der Waals surface area contributed by atoms with Gasteiger partial charge in [-0.15, -0.1) is 0 Å². The predicted octanol–water partition coefficient (Wildman–Crippen LogP) is -0.389. The van der Waals surface area contributed by atoms with E-state index in [1.807, 2.05) is 6.92 Å². The smallest absolute Gasteiger partial charge is 0.251 e. The molecule has 0 aromatic heterocycles. The van der Waals surface area contributed by atoms with Gasteiger partial charge >= 0.3 is 0 Å². The summed E-state index contributed by atoms with van der Waals surface area (Å²) in [6.45, 7) is 2.22. The van der Waals surface area contributed by atoms with Crippen LogP contribution in [-0.4, -0.2) is 12.8 Å². The Bertz CT molecular complexity index is 74.6. The lowest BCUT2D eigenvalue weighted by molar-refractivity contribution is -0.282. The highest BCUT2D eigenvalue weighted by atomic mass is 35.5. The monoisotopic (exact) mass is 154 g/mol. The molecule has 0 bridgehead atoms. The molecule has 0 aromatic rings. The van der Waals surface area contributed by atoms with E-state index in [1.54, 1.807) is 0 Å². The molecule has 3 nitrogen and oxygen atoms in total. The van der Waals surface area contributed by atoms with E-state index in [0.29, 0.717) is 0 Å². The number of rotatable bonds is 3. The second-order valence-corrected chi connectivity index (χ2v) is 1.45. The van der Waals surface area contributed by atoms with Crippen LogP contribution in [0.3, 0.4) is 0 Å². The standard InChI is InChI=1S/C5H10O3.ClH2/c1-2-3-4-8-5(6)7;/h2-4H2,1H3,(H,6,7);1H2/q;+1/p-1. The molecule has 56 valence electrons. The van der Waals surface area contributed by atoms with Gasteiger partial charge in [0.2, 0.25) is 0 Å². The highest BCUT2D eigenvalue weighted by Crippen LogP contribution is 1.85. The molecule has 0 radical (unpaired) electrons. The van der Waals surface area contributed by atoms with Crippen LogP contribution < -0.4 is 5.11 Å². The van der Waals surface area contributed by atoms with Crippen molar-refractivity contribution in [3.8, 4) is 0 Å². The van der Waals surface area contributed by atoms with Crippen LogP contribution in [0, 0.1) is 12.4 Å². The van der Waals surface area contributed by atoms with E-state index in [0.717, 1.165) is 12.8 Å². The lowest BCUT2D eigenvalue weighted by Gasteiger charge is -2.04. The fourth-order valence-corrected chi connectivity index (χ4v) is 0.300. The summed E-state index contributed by atoms with van der Waals surface area (Å²) in [5.74, 6) is 0. The Morgan fingerprint density at radius 1 is 1.67 bits per heavy atom. The molecule has 0 saturated heterocycles. The van der Waals surface area contributed by atoms with Crippen molar-refractivity contribution >= 4 is 6.16 Å². The number of hydrogen-bond donors (Lipinski definition) is 0. The van der Waals surface area contributed by atoms with E-state index >= 15 is 0 Å². The number of ether oxygens (including phenoxy) is 1. The minimum absolute atomic E-state index is 0. The summed E-state index contributed by atoms with van der Waals surface area (Å²) in [4.78, 5) is 9.54. The predicted molar refractivity (Wildman–Crippen MR) is 29.0 cm³/mol. The lowest BCUT2D eigenvalue weighted by Crippen LogP contribution is -2.23. The van der Waals surface area contributed by atoms with Crippen LogP contribution in [-0.2, 0) is 4.74 Å². The molecular formula is C5H11ClO3. The topological polar surface area (TPSA) is 49.4 Å². The van der Waals surface area contributed by atoms with Crippen LogP contribution in [0.25, 0.3) is 0 Å². The van der Waals surface area contributed by atoms with Gasteiger partial charge in [0.1, 0.15) is 0 Å². The zero-order valence-corrected chi connectivity index (χ0v) is 6.19. The van der Waals surface area contributed by atoms with E-state index in [9.17, 15) is 9.90 Å².